The van der Waals surface area contributed by atoms with Crippen molar-refractivity contribution < 1.29 is 22.8 Å². The van der Waals surface area contributed by atoms with Gasteiger partial charge in [-0.05, 0) is 60.7 Å². The van der Waals surface area contributed by atoms with E-state index in [1.807, 2.05) is 12.1 Å². The number of aromatic nitrogens is 2. The van der Waals surface area contributed by atoms with Gasteiger partial charge >= 0.3 is 6.18 Å². The maximum atomic E-state index is 13.5. The van der Waals surface area contributed by atoms with Gasteiger partial charge in [0.1, 0.15) is 5.65 Å². The van der Waals surface area contributed by atoms with Crippen LogP contribution in [0.3, 0.4) is 0 Å². The number of nitrogens with zero attached hydrogens (tertiary/aromatic N) is 3. The molecule has 0 aliphatic carbocycles. The molecule has 2 aromatic heterocycles. The fourth-order valence-corrected chi connectivity index (χ4v) is 5.12. The maximum absolute atomic E-state index is 13.5. The second kappa shape index (κ2) is 6.66. The highest BCUT2D eigenvalue weighted by Crippen LogP contribution is 2.39. The van der Waals surface area contributed by atoms with Crippen molar-refractivity contribution >= 4 is 55.7 Å². The molecule has 0 N–H and O–H groups in total. The van der Waals surface area contributed by atoms with E-state index in [0.29, 0.717) is 38.2 Å². The number of carbonyl (C=O) groups excluding carboxylic acids is 2. The predicted octanol–water partition coefficient (Wildman–Crippen LogP) is 5.41. The van der Waals surface area contributed by atoms with E-state index in [0.717, 1.165) is 29.2 Å². The van der Waals surface area contributed by atoms with E-state index in [1.165, 1.54) is 10.5 Å². The Morgan fingerprint density at radius 2 is 1.33 bits per heavy atom. The Labute approximate surface area is 199 Å². The number of benzene rings is 4. The van der Waals surface area contributed by atoms with Gasteiger partial charge in [-0.15, -0.1) is 0 Å². The van der Waals surface area contributed by atoms with Crippen LogP contribution in [0.1, 0.15) is 26.3 Å². The van der Waals surface area contributed by atoms with E-state index in [1.54, 1.807) is 30.3 Å². The minimum absolute atomic E-state index is 0.0231. The van der Waals surface area contributed by atoms with E-state index in [-0.39, 0.29) is 22.4 Å². The normalized spacial score (nSPS) is 14.1. The van der Waals surface area contributed by atoms with Crippen LogP contribution in [0.15, 0.2) is 77.6 Å². The van der Waals surface area contributed by atoms with Gasteiger partial charge in [0.05, 0.1) is 22.3 Å². The van der Waals surface area contributed by atoms with Crippen LogP contribution in [0.2, 0.25) is 0 Å². The first-order valence-corrected chi connectivity index (χ1v) is 10.9. The first kappa shape index (κ1) is 20.6. The quantitative estimate of drug-likeness (QED) is 0.293. The van der Waals surface area contributed by atoms with E-state index in [9.17, 15) is 27.6 Å². The van der Waals surface area contributed by atoms with E-state index >= 15 is 0 Å². The van der Waals surface area contributed by atoms with Crippen LogP contribution >= 0.6 is 0 Å². The van der Waals surface area contributed by atoms with E-state index < -0.39 is 23.6 Å². The maximum Gasteiger partial charge on any atom is 0.416 e. The summed E-state index contributed by atoms with van der Waals surface area (Å²) in [5, 5.41) is 1.76. The number of halogens is 3. The summed E-state index contributed by atoms with van der Waals surface area (Å²) >= 11 is 0. The average Bonchev–Trinajstić information content (AvgIpc) is 3.26. The molecule has 4 aromatic carbocycles. The number of pyridine rings is 1. The van der Waals surface area contributed by atoms with Crippen LogP contribution in [0.5, 0.6) is 0 Å². The van der Waals surface area contributed by atoms with Crippen molar-refractivity contribution in [3.05, 3.63) is 99.8 Å². The van der Waals surface area contributed by atoms with Crippen molar-refractivity contribution in [1.29, 1.82) is 0 Å². The fourth-order valence-electron chi connectivity index (χ4n) is 5.12. The lowest BCUT2D eigenvalue weighted by Gasteiger charge is -2.28. The Kier molecular flexibility index (Phi) is 3.81. The van der Waals surface area contributed by atoms with Crippen LogP contribution in [0.4, 0.5) is 18.9 Å². The third-order valence-electron chi connectivity index (χ3n) is 6.72. The van der Waals surface area contributed by atoms with E-state index in [4.69, 9.17) is 0 Å². The average molecular weight is 483 g/mol. The highest BCUT2D eigenvalue weighted by Gasteiger charge is 2.36. The number of carbonyl (C=O) groups is 2. The molecule has 6 nitrogen and oxygen atoms in total. The number of anilines is 1. The second-order valence-electron chi connectivity index (χ2n) is 8.63. The van der Waals surface area contributed by atoms with Crippen molar-refractivity contribution in [1.82, 2.24) is 9.38 Å². The highest BCUT2D eigenvalue weighted by molar-refractivity contribution is 6.38. The molecule has 2 amide bonds. The Hall–Kier alpha value is -4.79. The van der Waals surface area contributed by atoms with Crippen molar-refractivity contribution in [3.63, 3.8) is 0 Å². The molecule has 1 aliphatic rings. The van der Waals surface area contributed by atoms with Crippen molar-refractivity contribution in [2.24, 2.45) is 0 Å². The Morgan fingerprint density at radius 1 is 0.694 bits per heavy atom. The Bertz CT molecular complexity index is 1970. The number of hydrogen-bond donors (Lipinski definition) is 0. The predicted molar refractivity (Wildman–Crippen MR) is 128 cm³/mol. The molecule has 0 spiro atoms. The molecule has 0 bridgehead atoms. The molecule has 36 heavy (non-hydrogen) atoms. The Balaban J connectivity index is 1.50. The summed E-state index contributed by atoms with van der Waals surface area (Å²) in [5.41, 5.74) is 0.891. The molecule has 0 saturated carbocycles. The number of amides is 2. The summed E-state index contributed by atoms with van der Waals surface area (Å²) in [6.45, 7) is 0. The number of fused-ring (bicyclic) bond motifs is 4. The SMILES string of the molecule is O=C1c2ccc3c(=O)n4c5ccccc5nc4c4ccc(c2c34)C(=O)N1c1ccc(C(F)(F)F)cc1. The molecule has 0 unspecified atom stereocenters. The minimum atomic E-state index is -4.55. The molecule has 7 rings (SSSR count). The summed E-state index contributed by atoms with van der Waals surface area (Å²) in [4.78, 5) is 45.9. The summed E-state index contributed by atoms with van der Waals surface area (Å²) in [6, 6.07) is 17.4. The number of hydrogen-bond acceptors (Lipinski definition) is 4. The first-order chi connectivity index (χ1) is 17.3. The highest BCUT2D eigenvalue weighted by atomic mass is 19.4. The molecular weight excluding hydrogens is 471 g/mol. The second-order valence-corrected chi connectivity index (χ2v) is 8.63. The lowest BCUT2D eigenvalue weighted by Crippen LogP contribution is -2.40. The molecule has 0 fully saturated rings. The largest absolute Gasteiger partial charge is 0.416 e. The van der Waals surface area contributed by atoms with Gasteiger partial charge in [-0.2, -0.15) is 13.2 Å². The van der Waals surface area contributed by atoms with Crippen LogP contribution in [-0.4, -0.2) is 21.2 Å². The fraction of sp³-hybridized carbons (Fsp3) is 0.0370. The molecule has 0 saturated heterocycles. The lowest BCUT2D eigenvalue weighted by molar-refractivity contribution is -0.137. The van der Waals surface area contributed by atoms with Gasteiger partial charge in [0.15, 0.2) is 0 Å². The molecule has 174 valence electrons. The molecule has 6 aromatic rings. The van der Waals surface area contributed by atoms with Gasteiger partial charge in [-0.25, -0.2) is 9.88 Å². The standard InChI is InChI=1S/C27H12F3N3O3/c28-27(29,30)13-5-7-14(8-6-13)32-24(34)17-10-9-15-21-16(11-12-18(22(17)21)25(32)35)26(36)33-20-4-2-1-3-19(20)31-23(15)33/h1-12H. The zero-order valence-electron chi connectivity index (χ0n) is 18.1. The Morgan fingerprint density at radius 3 is 2.00 bits per heavy atom. The number of alkyl halides is 3. The molecule has 3 heterocycles. The summed E-state index contributed by atoms with van der Waals surface area (Å²) in [5.74, 6) is -1.36. The van der Waals surface area contributed by atoms with Crippen LogP contribution in [0, 0.1) is 0 Å². The van der Waals surface area contributed by atoms with E-state index in [2.05, 4.69) is 4.98 Å². The van der Waals surface area contributed by atoms with Gasteiger partial charge in [0, 0.05) is 32.7 Å². The van der Waals surface area contributed by atoms with Gasteiger partial charge in [-0.3, -0.25) is 18.8 Å². The van der Waals surface area contributed by atoms with Crippen LogP contribution < -0.4 is 10.5 Å². The molecule has 0 atom stereocenters. The van der Waals surface area contributed by atoms with Gasteiger partial charge in [0.25, 0.3) is 17.4 Å². The number of imidazole rings is 1. The minimum Gasteiger partial charge on any atom is -0.268 e. The smallest absolute Gasteiger partial charge is 0.268 e. The monoisotopic (exact) mass is 483 g/mol. The van der Waals surface area contributed by atoms with Crippen molar-refractivity contribution in [2.45, 2.75) is 6.18 Å². The number of imide groups is 1. The zero-order chi connectivity index (χ0) is 24.9. The van der Waals surface area contributed by atoms with Gasteiger partial charge < -0.3 is 0 Å². The summed E-state index contributed by atoms with van der Waals surface area (Å²) in [7, 11) is 0. The van der Waals surface area contributed by atoms with Crippen molar-refractivity contribution in [3.8, 4) is 0 Å². The molecule has 9 heteroatoms. The third kappa shape index (κ3) is 2.51. The number of para-hydroxylation sites is 2. The topological polar surface area (TPSA) is 71.7 Å². The number of rotatable bonds is 1. The van der Waals surface area contributed by atoms with Gasteiger partial charge in [-0.1, -0.05) is 12.1 Å². The van der Waals surface area contributed by atoms with Crippen LogP contribution in [-0.2, 0) is 6.18 Å². The summed E-state index contributed by atoms with van der Waals surface area (Å²) in [6.07, 6.45) is -4.55. The summed E-state index contributed by atoms with van der Waals surface area (Å²) < 4.78 is 40.5. The molecule has 0 radical (unpaired) electrons. The lowest BCUT2D eigenvalue weighted by atomic mass is 9.90. The first-order valence-electron chi connectivity index (χ1n) is 10.9. The molecule has 1 aliphatic heterocycles. The zero-order valence-corrected chi connectivity index (χ0v) is 18.1. The van der Waals surface area contributed by atoms with Crippen LogP contribution in [0.25, 0.3) is 38.2 Å². The third-order valence-corrected chi connectivity index (χ3v) is 6.72. The van der Waals surface area contributed by atoms with Crippen molar-refractivity contribution in [2.75, 3.05) is 4.90 Å². The van der Waals surface area contributed by atoms with Gasteiger partial charge in [0.2, 0.25) is 0 Å². The molecular formula is C27H12F3N3O3.